The number of epoxide rings is 1. The van der Waals surface area contributed by atoms with Crippen LogP contribution in [0.1, 0.15) is 24.1 Å². The molecule has 0 radical (unpaired) electrons. The fourth-order valence-electron chi connectivity index (χ4n) is 2.42. The highest BCUT2D eigenvalue weighted by molar-refractivity contribution is 5.34. The average molecular weight is 261 g/mol. The molecule has 3 rings (SSSR count). The molecule has 1 saturated heterocycles. The van der Waals surface area contributed by atoms with E-state index in [4.69, 9.17) is 4.74 Å². The number of benzene rings is 1. The zero-order valence-electron chi connectivity index (χ0n) is 10.4. The van der Waals surface area contributed by atoms with Crippen LogP contribution in [0, 0.1) is 11.6 Å². The van der Waals surface area contributed by atoms with Crippen molar-refractivity contribution in [2.24, 2.45) is 0 Å². The molecule has 0 saturated carbocycles. The zero-order chi connectivity index (χ0) is 13.5. The summed E-state index contributed by atoms with van der Waals surface area (Å²) < 4.78 is 32.4. The van der Waals surface area contributed by atoms with E-state index in [9.17, 15) is 8.78 Å². The summed E-state index contributed by atoms with van der Waals surface area (Å²) >= 11 is 0. The zero-order valence-corrected chi connectivity index (χ0v) is 10.4. The van der Waals surface area contributed by atoms with E-state index in [0.717, 1.165) is 11.8 Å². The maximum atomic E-state index is 13.9. The molecule has 1 aliphatic rings. The van der Waals surface area contributed by atoms with Crippen LogP contribution in [0.2, 0.25) is 0 Å². The van der Waals surface area contributed by atoms with Crippen LogP contribution in [0.4, 0.5) is 8.78 Å². The van der Waals surface area contributed by atoms with Gasteiger partial charge in [-0.15, -0.1) is 0 Å². The Morgan fingerprint density at radius 2 is 2.05 bits per heavy atom. The summed E-state index contributed by atoms with van der Waals surface area (Å²) in [7, 11) is 0. The van der Waals surface area contributed by atoms with Gasteiger partial charge in [0.2, 0.25) is 0 Å². The van der Waals surface area contributed by atoms with E-state index in [0.29, 0.717) is 12.2 Å². The molecular formula is C15H13F2NO. The van der Waals surface area contributed by atoms with Crippen LogP contribution >= 0.6 is 0 Å². The first kappa shape index (κ1) is 12.2. The lowest BCUT2D eigenvalue weighted by Gasteiger charge is -2.20. The molecule has 4 heteroatoms. The Morgan fingerprint density at radius 1 is 1.26 bits per heavy atom. The molecule has 1 aromatic carbocycles. The van der Waals surface area contributed by atoms with Gasteiger partial charge < -0.3 is 4.74 Å². The first-order valence-corrected chi connectivity index (χ1v) is 6.14. The maximum absolute atomic E-state index is 13.9. The van der Waals surface area contributed by atoms with Gasteiger partial charge >= 0.3 is 0 Å². The second-order valence-corrected chi connectivity index (χ2v) is 4.78. The molecule has 1 aliphatic heterocycles. The molecule has 19 heavy (non-hydrogen) atoms. The van der Waals surface area contributed by atoms with Gasteiger partial charge in [-0.2, -0.15) is 0 Å². The first-order valence-electron chi connectivity index (χ1n) is 6.14. The van der Waals surface area contributed by atoms with Crippen molar-refractivity contribution in [3.8, 4) is 0 Å². The third-order valence-corrected chi connectivity index (χ3v) is 3.67. The quantitative estimate of drug-likeness (QED) is 0.791. The Bertz CT molecular complexity index is 596. The van der Waals surface area contributed by atoms with Crippen molar-refractivity contribution < 1.29 is 13.5 Å². The number of aromatic nitrogens is 1. The molecule has 2 heterocycles. The van der Waals surface area contributed by atoms with Gasteiger partial charge in [-0.05, 0) is 18.2 Å². The Balaban J connectivity index is 1.99. The predicted octanol–water partition coefficient (Wildman–Crippen LogP) is 3.39. The van der Waals surface area contributed by atoms with Crippen LogP contribution < -0.4 is 0 Å². The van der Waals surface area contributed by atoms with Crippen LogP contribution in [0.25, 0.3) is 0 Å². The monoisotopic (exact) mass is 261 g/mol. The molecule has 2 atom stereocenters. The Labute approximate surface area is 110 Å². The molecule has 1 fully saturated rings. The number of rotatable bonds is 3. The Morgan fingerprint density at radius 3 is 2.63 bits per heavy atom. The SMILES string of the molecule is CC(c1ccccn1)C1(c2ccc(F)cc2F)CO1. The molecule has 0 amide bonds. The topological polar surface area (TPSA) is 25.4 Å². The summed E-state index contributed by atoms with van der Waals surface area (Å²) in [4.78, 5) is 4.28. The number of hydrogen-bond acceptors (Lipinski definition) is 2. The fraction of sp³-hybridized carbons (Fsp3) is 0.267. The summed E-state index contributed by atoms with van der Waals surface area (Å²) in [6.07, 6.45) is 1.70. The molecule has 0 spiro atoms. The summed E-state index contributed by atoms with van der Waals surface area (Å²) in [6, 6.07) is 9.20. The predicted molar refractivity (Wildman–Crippen MR) is 66.6 cm³/mol. The van der Waals surface area contributed by atoms with E-state index in [1.165, 1.54) is 12.1 Å². The molecule has 2 aromatic rings. The van der Waals surface area contributed by atoms with Crippen LogP contribution in [0.5, 0.6) is 0 Å². The molecule has 1 aromatic heterocycles. The van der Waals surface area contributed by atoms with Crippen molar-refractivity contribution in [3.05, 3.63) is 65.5 Å². The van der Waals surface area contributed by atoms with E-state index in [-0.39, 0.29) is 5.92 Å². The van der Waals surface area contributed by atoms with Crippen LogP contribution in [-0.4, -0.2) is 11.6 Å². The van der Waals surface area contributed by atoms with E-state index >= 15 is 0 Å². The molecule has 2 unspecified atom stereocenters. The third-order valence-electron chi connectivity index (χ3n) is 3.67. The van der Waals surface area contributed by atoms with Crippen molar-refractivity contribution >= 4 is 0 Å². The molecule has 98 valence electrons. The molecule has 0 aliphatic carbocycles. The summed E-state index contributed by atoms with van der Waals surface area (Å²) in [5, 5.41) is 0. The van der Waals surface area contributed by atoms with Crippen LogP contribution in [-0.2, 0) is 10.3 Å². The number of ether oxygens (including phenoxy) is 1. The van der Waals surface area contributed by atoms with Gasteiger partial charge in [0.1, 0.15) is 17.2 Å². The number of nitrogens with zero attached hydrogens (tertiary/aromatic N) is 1. The third kappa shape index (κ3) is 2.02. The minimum Gasteiger partial charge on any atom is -0.364 e. The Kier molecular flexibility index (Phi) is 2.82. The van der Waals surface area contributed by atoms with Crippen molar-refractivity contribution in [2.45, 2.75) is 18.4 Å². The van der Waals surface area contributed by atoms with Crippen molar-refractivity contribution in [1.82, 2.24) is 4.98 Å². The minimum atomic E-state index is -0.716. The maximum Gasteiger partial charge on any atom is 0.132 e. The van der Waals surface area contributed by atoms with E-state index in [2.05, 4.69) is 4.98 Å². The van der Waals surface area contributed by atoms with E-state index in [1.807, 2.05) is 25.1 Å². The lowest BCUT2D eigenvalue weighted by atomic mass is 9.85. The second-order valence-electron chi connectivity index (χ2n) is 4.78. The normalized spacial score (nSPS) is 23.1. The lowest BCUT2D eigenvalue weighted by molar-refractivity contribution is 0.264. The summed E-state index contributed by atoms with van der Waals surface area (Å²) in [5.74, 6) is -1.24. The van der Waals surface area contributed by atoms with Gasteiger partial charge in [-0.25, -0.2) is 8.78 Å². The second kappa shape index (κ2) is 4.38. The van der Waals surface area contributed by atoms with E-state index in [1.54, 1.807) is 6.20 Å². The van der Waals surface area contributed by atoms with Crippen molar-refractivity contribution in [3.63, 3.8) is 0 Å². The Hall–Kier alpha value is -1.81. The standard InChI is InChI=1S/C15H13F2NO/c1-10(14-4-2-3-7-18-14)15(9-19-15)12-6-5-11(16)8-13(12)17/h2-8,10H,9H2,1H3. The highest BCUT2D eigenvalue weighted by atomic mass is 19.1. The number of pyridine rings is 1. The van der Waals surface area contributed by atoms with Gasteiger partial charge in [0, 0.05) is 29.4 Å². The minimum absolute atomic E-state index is 0.0892. The average Bonchev–Trinajstić information content (AvgIpc) is 3.20. The largest absolute Gasteiger partial charge is 0.364 e. The van der Waals surface area contributed by atoms with E-state index < -0.39 is 17.2 Å². The number of hydrogen-bond donors (Lipinski definition) is 0. The van der Waals surface area contributed by atoms with Crippen molar-refractivity contribution in [1.29, 1.82) is 0 Å². The lowest BCUT2D eigenvalue weighted by Crippen LogP contribution is -2.20. The number of halogens is 2. The fourth-order valence-corrected chi connectivity index (χ4v) is 2.42. The van der Waals surface area contributed by atoms with Crippen molar-refractivity contribution in [2.75, 3.05) is 6.61 Å². The molecule has 0 bridgehead atoms. The van der Waals surface area contributed by atoms with Gasteiger partial charge in [-0.3, -0.25) is 4.98 Å². The van der Waals surface area contributed by atoms with Crippen LogP contribution in [0.3, 0.4) is 0 Å². The first-order chi connectivity index (χ1) is 9.13. The highest BCUT2D eigenvalue weighted by Crippen LogP contribution is 2.50. The van der Waals surface area contributed by atoms with Gasteiger partial charge in [0.05, 0.1) is 6.61 Å². The van der Waals surface area contributed by atoms with Gasteiger partial charge in [-0.1, -0.05) is 19.1 Å². The molecule has 0 N–H and O–H groups in total. The van der Waals surface area contributed by atoms with Gasteiger partial charge in [0.25, 0.3) is 0 Å². The molecule has 2 nitrogen and oxygen atoms in total. The van der Waals surface area contributed by atoms with Crippen LogP contribution in [0.15, 0.2) is 42.6 Å². The molecular weight excluding hydrogens is 248 g/mol. The highest BCUT2D eigenvalue weighted by Gasteiger charge is 2.53. The smallest absolute Gasteiger partial charge is 0.132 e. The summed E-state index contributed by atoms with van der Waals surface area (Å²) in [5.41, 5.74) is 0.516. The van der Waals surface area contributed by atoms with Gasteiger partial charge in [0.15, 0.2) is 0 Å². The summed E-state index contributed by atoms with van der Waals surface area (Å²) in [6.45, 7) is 2.37.